The molecule has 1 amide bonds. The van der Waals surface area contributed by atoms with E-state index in [0.29, 0.717) is 19.8 Å². The number of ether oxygens (including phenoxy) is 1. The van der Waals surface area contributed by atoms with Crippen molar-refractivity contribution < 1.29 is 14.6 Å². The molecule has 2 fully saturated rings. The van der Waals surface area contributed by atoms with Crippen LogP contribution in [0.25, 0.3) is 11.0 Å². The molecule has 1 aliphatic carbocycles. The molecule has 0 spiro atoms. The predicted octanol–water partition coefficient (Wildman–Crippen LogP) is 4.86. The van der Waals surface area contributed by atoms with Gasteiger partial charge in [-0.25, -0.2) is 9.78 Å². The van der Waals surface area contributed by atoms with Crippen LogP contribution in [0.15, 0.2) is 18.5 Å². The fourth-order valence-corrected chi connectivity index (χ4v) is 5.09. The lowest BCUT2D eigenvalue weighted by Gasteiger charge is -2.32. The molecule has 0 bridgehead atoms. The van der Waals surface area contributed by atoms with E-state index in [1.165, 1.54) is 28.7 Å². The number of pyridine rings is 1. The van der Waals surface area contributed by atoms with Gasteiger partial charge in [0.2, 0.25) is 0 Å². The van der Waals surface area contributed by atoms with Gasteiger partial charge in [-0.2, -0.15) is 0 Å². The van der Waals surface area contributed by atoms with Crippen LogP contribution in [0.5, 0.6) is 0 Å². The van der Waals surface area contributed by atoms with E-state index >= 15 is 0 Å². The Balaban J connectivity index is 1.54. The van der Waals surface area contributed by atoms with Crippen molar-refractivity contribution in [1.82, 2.24) is 14.5 Å². The van der Waals surface area contributed by atoms with E-state index < -0.39 is 14.2 Å². The summed E-state index contributed by atoms with van der Waals surface area (Å²) in [7, 11) is -1.11. The molecular weight excluding hydrogens is 408 g/mol. The summed E-state index contributed by atoms with van der Waals surface area (Å²) >= 11 is 0. The number of fused-ring (bicyclic) bond motifs is 1. The first kappa shape index (κ1) is 22.1. The summed E-state index contributed by atoms with van der Waals surface area (Å²) in [5.74, 6) is 0.775. The van der Waals surface area contributed by atoms with E-state index in [2.05, 4.69) is 35.7 Å². The second kappa shape index (κ2) is 9.20. The Morgan fingerprint density at radius 2 is 2.13 bits per heavy atom. The summed E-state index contributed by atoms with van der Waals surface area (Å²) in [5, 5.41) is 14.2. The SMILES string of the molecule is C[Si](C)(C)CCOCn1cc(CC2CC2)c2c(NC3CCCN(C(=O)O)C3)ccnc21. The first-order chi connectivity index (χ1) is 14.8. The number of nitrogens with zero attached hydrogens (tertiary/aromatic N) is 3. The smallest absolute Gasteiger partial charge is 0.407 e. The largest absolute Gasteiger partial charge is 0.465 e. The van der Waals surface area contributed by atoms with Crippen molar-refractivity contribution in [3.05, 3.63) is 24.0 Å². The van der Waals surface area contributed by atoms with Gasteiger partial charge in [0, 0.05) is 57.3 Å². The molecule has 2 aromatic rings. The maximum Gasteiger partial charge on any atom is 0.407 e. The number of nitrogens with one attached hydrogen (secondary N) is 1. The molecule has 1 unspecified atom stereocenters. The molecule has 2 aliphatic rings. The molecule has 0 radical (unpaired) electrons. The molecule has 8 heteroatoms. The Kier molecular flexibility index (Phi) is 6.57. The summed E-state index contributed by atoms with van der Waals surface area (Å²) in [5.41, 5.74) is 3.35. The molecule has 170 valence electrons. The third kappa shape index (κ3) is 5.80. The van der Waals surface area contributed by atoms with Gasteiger partial charge in [-0.05, 0) is 55.7 Å². The number of aromatic nitrogens is 2. The van der Waals surface area contributed by atoms with Crippen LogP contribution in [-0.2, 0) is 17.9 Å². The molecule has 4 rings (SSSR count). The maximum absolute atomic E-state index is 11.4. The van der Waals surface area contributed by atoms with Crippen LogP contribution in [-0.4, -0.2) is 59.5 Å². The van der Waals surface area contributed by atoms with Gasteiger partial charge in [0.25, 0.3) is 0 Å². The number of hydrogen-bond donors (Lipinski definition) is 2. The number of rotatable bonds is 9. The number of hydrogen-bond acceptors (Lipinski definition) is 4. The highest BCUT2D eigenvalue weighted by Gasteiger charge is 2.27. The monoisotopic (exact) mass is 444 g/mol. The van der Waals surface area contributed by atoms with Gasteiger partial charge in [0.1, 0.15) is 12.4 Å². The van der Waals surface area contributed by atoms with Gasteiger partial charge < -0.3 is 24.6 Å². The molecule has 31 heavy (non-hydrogen) atoms. The van der Waals surface area contributed by atoms with E-state index in [1.54, 1.807) is 0 Å². The Morgan fingerprint density at radius 3 is 2.84 bits per heavy atom. The van der Waals surface area contributed by atoms with E-state index in [4.69, 9.17) is 9.72 Å². The number of piperidine rings is 1. The summed E-state index contributed by atoms with van der Waals surface area (Å²) in [4.78, 5) is 17.6. The second-order valence-electron chi connectivity index (χ2n) is 10.4. The average molecular weight is 445 g/mol. The lowest BCUT2D eigenvalue weighted by Crippen LogP contribution is -2.44. The molecule has 3 heterocycles. The number of amides is 1. The molecule has 1 saturated carbocycles. The van der Waals surface area contributed by atoms with Crippen LogP contribution in [0.3, 0.4) is 0 Å². The second-order valence-corrected chi connectivity index (χ2v) is 16.0. The Morgan fingerprint density at radius 1 is 1.32 bits per heavy atom. The van der Waals surface area contributed by atoms with Gasteiger partial charge in [-0.3, -0.25) is 0 Å². The highest BCUT2D eigenvalue weighted by Crippen LogP contribution is 2.37. The fraction of sp³-hybridized carbons (Fsp3) is 0.652. The Hall–Kier alpha value is -2.06. The number of carbonyl (C=O) groups is 1. The minimum atomic E-state index is -1.11. The van der Waals surface area contributed by atoms with Crippen molar-refractivity contribution >= 4 is 30.9 Å². The minimum absolute atomic E-state index is 0.126. The third-order valence-corrected chi connectivity index (χ3v) is 8.02. The zero-order valence-electron chi connectivity index (χ0n) is 19.1. The summed E-state index contributed by atoms with van der Waals surface area (Å²) in [6.07, 6.45) is 8.79. The summed E-state index contributed by atoms with van der Waals surface area (Å²) in [6.45, 7) is 9.56. The van der Waals surface area contributed by atoms with Gasteiger partial charge in [0.15, 0.2) is 0 Å². The molecule has 0 aromatic carbocycles. The summed E-state index contributed by atoms with van der Waals surface area (Å²) < 4.78 is 8.18. The van der Waals surface area contributed by atoms with Gasteiger partial charge in [-0.15, -0.1) is 0 Å². The molecule has 7 nitrogen and oxygen atoms in total. The molecule has 1 saturated heterocycles. The summed E-state index contributed by atoms with van der Waals surface area (Å²) in [6, 6.07) is 3.32. The van der Waals surface area contributed by atoms with Crippen molar-refractivity contribution in [2.24, 2.45) is 5.92 Å². The van der Waals surface area contributed by atoms with Crippen molar-refractivity contribution in [3.63, 3.8) is 0 Å². The zero-order valence-corrected chi connectivity index (χ0v) is 20.1. The van der Waals surface area contributed by atoms with Crippen molar-refractivity contribution in [1.29, 1.82) is 0 Å². The van der Waals surface area contributed by atoms with E-state index in [1.807, 2.05) is 12.3 Å². The third-order valence-electron chi connectivity index (χ3n) is 6.32. The first-order valence-corrected chi connectivity index (χ1v) is 15.3. The highest BCUT2D eigenvalue weighted by atomic mass is 28.3. The molecule has 1 aliphatic heterocycles. The molecule has 2 aromatic heterocycles. The Bertz CT molecular complexity index is 919. The van der Waals surface area contributed by atoms with Crippen LogP contribution in [0, 0.1) is 5.92 Å². The van der Waals surface area contributed by atoms with E-state index in [9.17, 15) is 9.90 Å². The van der Waals surface area contributed by atoms with E-state index in [-0.39, 0.29) is 6.04 Å². The predicted molar refractivity (Wildman–Crippen MR) is 127 cm³/mol. The normalized spacial score (nSPS) is 19.7. The maximum atomic E-state index is 11.4. The van der Waals surface area contributed by atoms with Crippen molar-refractivity contribution in [2.45, 2.75) is 70.6 Å². The standard InChI is InChI=1S/C23H36N4O3Si/c1-31(2,3)12-11-30-16-27-14-18(13-17-6-7-17)21-20(8-9-24-22(21)27)25-19-5-4-10-26(15-19)23(28)29/h8-9,14,17,19H,4-7,10-13,15-16H2,1-3H3,(H,24,25)(H,28,29). The van der Waals surface area contributed by atoms with Gasteiger partial charge in [-0.1, -0.05) is 19.6 Å². The molecule has 1 atom stereocenters. The average Bonchev–Trinajstić information content (AvgIpc) is 3.46. The zero-order chi connectivity index (χ0) is 22.0. The quantitative estimate of drug-likeness (QED) is 0.427. The lowest BCUT2D eigenvalue weighted by atomic mass is 10.0. The van der Waals surface area contributed by atoms with Gasteiger partial charge in [0.05, 0.1) is 0 Å². The molecule has 2 N–H and O–H groups in total. The number of anilines is 1. The van der Waals surface area contributed by atoms with Crippen LogP contribution >= 0.6 is 0 Å². The fourth-order valence-electron chi connectivity index (χ4n) is 4.34. The topological polar surface area (TPSA) is 79.6 Å². The highest BCUT2D eigenvalue weighted by molar-refractivity contribution is 6.76. The van der Waals surface area contributed by atoms with Crippen molar-refractivity contribution in [3.8, 4) is 0 Å². The Labute approximate surface area is 185 Å². The van der Waals surface area contributed by atoms with E-state index in [0.717, 1.165) is 49.2 Å². The molecular formula is C23H36N4O3Si. The van der Waals surface area contributed by atoms with Crippen LogP contribution in [0.4, 0.5) is 10.5 Å². The van der Waals surface area contributed by atoms with Gasteiger partial charge >= 0.3 is 6.09 Å². The van der Waals surface area contributed by atoms with Crippen LogP contribution in [0.1, 0.15) is 31.2 Å². The van der Waals surface area contributed by atoms with Crippen LogP contribution in [0.2, 0.25) is 25.7 Å². The minimum Gasteiger partial charge on any atom is -0.465 e. The first-order valence-electron chi connectivity index (χ1n) is 11.6. The lowest BCUT2D eigenvalue weighted by molar-refractivity contribution is 0.0898. The number of carboxylic acid groups (broad SMARTS) is 1. The number of likely N-dealkylation sites (tertiary alicyclic amines) is 1. The van der Waals surface area contributed by atoms with Crippen LogP contribution < -0.4 is 5.32 Å². The van der Waals surface area contributed by atoms with Crippen molar-refractivity contribution in [2.75, 3.05) is 25.0 Å².